The molecule has 1 aliphatic rings. The van der Waals surface area contributed by atoms with Crippen LogP contribution < -0.4 is 5.32 Å². The van der Waals surface area contributed by atoms with Crippen molar-refractivity contribution in [3.8, 4) is 22.6 Å². The van der Waals surface area contributed by atoms with Crippen LogP contribution in [0, 0.1) is 11.6 Å². The highest BCUT2D eigenvalue weighted by Crippen LogP contribution is 2.42. The van der Waals surface area contributed by atoms with Gasteiger partial charge in [-0.25, -0.2) is 18.7 Å². The van der Waals surface area contributed by atoms with Gasteiger partial charge in [-0.1, -0.05) is 0 Å². The topological polar surface area (TPSA) is 143 Å². The van der Waals surface area contributed by atoms with E-state index in [9.17, 15) is 17.2 Å². The van der Waals surface area contributed by atoms with E-state index >= 15 is 0 Å². The van der Waals surface area contributed by atoms with Gasteiger partial charge in [0.1, 0.15) is 28.7 Å². The van der Waals surface area contributed by atoms with E-state index in [2.05, 4.69) is 25.3 Å². The molecule has 3 aromatic heterocycles. The molecule has 0 aliphatic heterocycles. The Hall–Kier alpha value is -3.42. The van der Waals surface area contributed by atoms with Gasteiger partial charge in [0, 0.05) is 37.3 Å². The van der Waals surface area contributed by atoms with Crippen molar-refractivity contribution < 1.29 is 30.9 Å². The highest BCUT2D eigenvalue weighted by Gasteiger charge is 2.29. The summed E-state index contributed by atoms with van der Waals surface area (Å²) in [5.74, 6) is -0.194. The maximum Gasteiger partial charge on any atom is 0.297 e. The molecular formula is C24H27F2N5O5S. The second-order valence-corrected chi connectivity index (χ2v) is 10.3. The number of H-pyrrole nitrogens is 1. The zero-order chi connectivity index (χ0) is 26.7. The number of nitrogens with one attached hydrogen (secondary N) is 2. The largest absolute Gasteiger partial charge is 0.404 e. The average Bonchev–Trinajstić information content (AvgIpc) is 3.44. The summed E-state index contributed by atoms with van der Waals surface area (Å²) in [6.45, 7) is 2.64. The fraction of sp³-hybridized carbons (Fsp3) is 0.375. The van der Waals surface area contributed by atoms with Crippen LogP contribution in [0.1, 0.15) is 37.9 Å². The number of methoxy groups -OCH3 is 1. The van der Waals surface area contributed by atoms with Crippen molar-refractivity contribution in [1.82, 2.24) is 19.9 Å². The quantitative estimate of drug-likeness (QED) is 0.272. The first kappa shape index (κ1) is 26.6. The Balaban J connectivity index is 0.000000586. The number of anilines is 1. The third kappa shape index (κ3) is 7.08. The lowest BCUT2D eigenvalue weighted by Crippen LogP contribution is -2.17. The number of benzene rings is 1. The number of imidazole rings is 1. The SMILES string of the molecule is COCC[C@H](C)Nc1nc2ccc(-c3[nH]c(C4CC4)nc3-c3ccc(F)cc3F)nc2o1.CS(=O)(=O)O. The summed E-state index contributed by atoms with van der Waals surface area (Å²) >= 11 is 0. The lowest BCUT2D eigenvalue weighted by atomic mass is 10.1. The van der Waals surface area contributed by atoms with E-state index in [4.69, 9.17) is 13.7 Å². The van der Waals surface area contributed by atoms with Gasteiger partial charge in [0.25, 0.3) is 16.1 Å². The van der Waals surface area contributed by atoms with Crippen LogP contribution in [0.2, 0.25) is 0 Å². The predicted molar refractivity (Wildman–Crippen MR) is 134 cm³/mol. The minimum absolute atomic E-state index is 0.115. The molecule has 13 heteroatoms. The maximum atomic E-state index is 14.6. The van der Waals surface area contributed by atoms with Crippen molar-refractivity contribution in [3.63, 3.8) is 0 Å². The molecular weight excluding hydrogens is 508 g/mol. The molecule has 37 heavy (non-hydrogen) atoms. The smallest absolute Gasteiger partial charge is 0.297 e. The second kappa shape index (κ2) is 10.9. The van der Waals surface area contributed by atoms with Crippen molar-refractivity contribution in [2.45, 2.75) is 38.1 Å². The molecule has 5 rings (SSSR count). The summed E-state index contributed by atoms with van der Waals surface area (Å²) in [6.07, 6.45) is 3.58. The molecule has 0 amide bonds. The van der Waals surface area contributed by atoms with Gasteiger partial charge in [0.15, 0.2) is 0 Å². The van der Waals surface area contributed by atoms with Crippen molar-refractivity contribution in [2.75, 3.05) is 25.3 Å². The maximum absolute atomic E-state index is 14.6. The Labute approximate surface area is 212 Å². The minimum atomic E-state index is -3.67. The zero-order valence-electron chi connectivity index (χ0n) is 20.5. The molecule has 0 spiro atoms. The summed E-state index contributed by atoms with van der Waals surface area (Å²) in [7, 11) is -2.01. The molecule has 0 radical (unpaired) electrons. The number of nitrogens with zero attached hydrogens (tertiary/aromatic N) is 3. The number of halogens is 2. The monoisotopic (exact) mass is 535 g/mol. The molecule has 1 saturated carbocycles. The molecule has 0 unspecified atom stereocenters. The zero-order valence-corrected chi connectivity index (χ0v) is 21.3. The van der Waals surface area contributed by atoms with E-state index in [0.29, 0.717) is 53.1 Å². The number of hydrogen-bond acceptors (Lipinski definition) is 8. The van der Waals surface area contributed by atoms with Crippen LogP contribution >= 0.6 is 0 Å². The normalized spacial score (nSPS) is 14.3. The molecule has 198 valence electrons. The molecule has 1 aromatic carbocycles. The molecule has 3 N–H and O–H groups in total. The van der Waals surface area contributed by atoms with Gasteiger partial charge in [0.2, 0.25) is 5.71 Å². The van der Waals surface area contributed by atoms with Gasteiger partial charge in [0.05, 0.1) is 17.6 Å². The molecule has 10 nitrogen and oxygen atoms in total. The van der Waals surface area contributed by atoms with E-state index < -0.39 is 21.8 Å². The number of oxazole rings is 1. The summed E-state index contributed by atoms with van der Waals surface area (Å²) in [5.41, 5.74) is 2.70. The van der Waals surface area contributed by atoms with Crippen molar-refractivity contribution in [2.24, 2.45) is 0 Å². The Kier molecular flexibility index (Phi) is 7.85. The van der Waals surface area contributed by atoms with E-state index in [1.54, 1.807) is 19.2 Å². The van der Waals surface area contributed by atoms with Crippen molar-refractivity contribution >= 4 is 27.4 Å². The highest BCUT2D eigenvalue weighted by molar-refractivity contribution is 7.85. The van der Waals surface area contributed by atoms with Gasteiger partial charge in [-0.3, -0.25) is 4.55 Å². The Morgan fingerprint density at radius 2 is 1.95 bits per heavy atom. The van der Waals surface area contributed by atoms with Crippen molar-refractivity contribution in [1.29, 1.82) is 0 Å². The van der Waals surface area contributed by atoms with Crippen LogP contribution in [0.25, 0.3) is 33.9 Å². The lowest BCUT2D eigenvalue weighted by molar-refractivity contribution is 0.191. The highest BCUT2D eigenvalue weighted by atomic mass is 32.2. The molecule has 0 saturated heterocycles. The van der Waals surface area contributed by atoms with Gasteiger partial charge in [-0.2, -0.15) is 13.4 Å². The number of ether oxygens (including phenoxy) is 1. The van der Waals surface area contributed by atoms with E-state index in [0.717, 1.165) is 31.2 Å². The van der Waals surface area contributed by atoms with Crippen LogP contribution in [-0.4, -0.2) is 58.9 Å². The van der Waals surface area contributed by atoms with E-state index in [1.807, 2.05) is 6.92 Å². The van der Waals surface area contributed by atoms with Crippen LogP contribution in [0.4, 0.5) is 14.8 Å². The molecule has 1 fully saturated rings. The first-order valence-corrected chi connectivity index (χ1v) is 13.4. The fourth-order valence-electron chi connectivity index (χ4n) is 3.60. The molecule has 1 atom stereocenters. The predicted octanol–water partition coefficient (Wildman–Crippen LogP) is 4.78. The van der Waals surface area contributed by atoms with Crippen LogP contribution in [0.3, 0.4) is 0 Å². The van der Waals surface area contributed by atoms with E-state index in [1.165, 1.54) is 12.1 Å². The number of aromatic amines is 1. The summed E-state index contributed by atoms with van der Waals surface area (Å²) in [4.78, 5) is 17.0. The standard InChI is InChI=1S/C23H23F2N5O2.CH4O3S/c1-12(9-10-31-2)26-23-28-18-8-7-17(27-22(18)32-23)20-19(29-21(30-20)13-3-4-13)15-6-5-14(24)11-16(15)25;1-5(2,3)4/h5-8,11-13H,3-4,9-10H2,1-2H3,(H,26,28)(H,29,30);1H3,(H,2,3,4)/t12-;/m0./s1. The lowest BCUT2D eigenvalue weighted by Gasteiger charge is -2.10. The number of pyridine rings is 1. The Morgan fingerprint density at radius 3 is 2.59 bits per heavy atom. The first-order chi connectivity index (χ1) is 17.5. The van der Waals surface area contributed by atoms with Crippen molar-refractivity contribution in [3.05, 3.63) is 47.8 Å². The number of rotatable bonds is 8. The number of fused-ring (bicyclic) bond motifs is 1. The number of hydrogen-bond donors (Lipinski definition) is 3. The van der Waals surface area contributed by atoms with Gasteiger partial charge >= 0.3 is 0 Å². The summed E-state index contributed by atoms with van der Waals surface area (Å²) in [5, 5.41) is 3.20. The number of aromatic nitrogens is 4. The molecule has 3 heterocycles. The summed E-state index contributed by atoms with van der Waals surface area (Å²) < 4.78 is 64.8. The second-order valence-electron chi connectivity index (χ2n) is 8.84. The van der Waals surface area contributed by atoms with Gasteiger partial charge in [-0.15, -0.1) is 0 Å². The van der Waals surface area contributed by atoms with E-state index in [-0.39, 0.29) is 11.6 Å². The third-order valence-corrected chi connectivity index (χ3v) is 5.51. The van der Waals surface area contributed by atoms with Crippen LogP contribution in [-0.2, 0) is 14.9 Å². The Morgan fingerprint density at radius 1 is 1.22 bits per heavy atom. The van der Waals surface area contributed by atoms with Gasteiger partial charge in [-0.05, 0) is 50.5 Å². The third-order valence-electron chi connectivity index (χ3n) is 5.51. The van der Waals surface area contributed by atoms with Gasteiger partial charge < -0.3 is 19.5 Å². The molecule has 1 aliphatic carbocycles. The van der Waals surface area contributed by atoms with Crippen LogP contribution in [0.5, 0.6) is 0 Å². The average molecular weight is 536 g/mol. The molecule has 0 bridgehead atoms. The fourth-order valence-corrected chi connectivity index (χ4v) is 3.60. The minimum Gasteiger partial charge on any atom is -0.404 e. The van der Waals surface area contributed by atoms with Crippen LogP contribution in [0.15, 0.2) is 34.7 Å². The summed E-state index contributed by atoms with van der Waals surface area (Å²) in [6, 6.07) is 7.57. The molecule has 4 aromatic rings. The Bertz CT molecular complexity index is 1490. The first-order valence-electron chi connectivity index (χ1n) is 11.5.